The summed E-state index contributed by atoms with van der Waals surface area (Å²) in [6, 6.07) is 3.23. The third kappa shape index (κ3) is 2.68. The van der Waals surface area contributed by atoms with Gasteiger partial charge in [-0.2, -0.15) is 0 Å². The van der Waals surface area contributed by atoms with Gasteiger partial charge in [0.1, 0.15) is 5.75 Å². The van der Waals surface area contributed by atoms with Crippen LogP contribution in [0.4, 0.5) is 5.69 Å². The molecule has 0 atom stereocenters. The SMILES string of the molecule is CCCOc1cc(Cl)c(Cl)cc1N. The smallest absolute Gasteiger partial charge is 0.143 e. The van der Waals surface area contributed by atoms with Crippen LogP contribution in [0.15, 0.2) is 12.1 Å². The van der Waals surface area contributed by atoms with Crippen LogP contribution >= 0.6 is 23.2 Å². The molecule has 0 saturated carbocycles. The largest absolute Gasteiger partial charge is 0.491 e. The Bertz CT molecular complexity index is 302. The Balaban J connectivity index is 2.88. The number of halogens is 2. The van der Waals surface area contributed by atoms with E-state index in [-0.39, 0.29) is 0 Å². The quantitative estimate of drug-likeness (QED) is 0.792. The molecule has 0 aromatic heterocycles. The fourth-order valence-corrected chi connectivity index (χ4v) is 1.21. The average Bonchev–Trinajstić information content (AvgIpc) is 2.09. The molecule has 0 aliphatic rings. The van der Waals surface area contributed by atoms with E-state index in [9.17, 15) is 0 Å². The van der Waals surface area contributed by atoms with Crippen LogP contribution in [0.2, 0.25) is 10.0 Å². The minimum absolute atomic E-state index is 0.447. The van der Waals surface area contributed by atoms with Crippen LogP contribution in [0, 0.1) is 0 Å². The molecule has 0 heterocycles. The minimum Gasteiger partial charge on any atom is -0.491 e. The van der Waals surface area contributed by atoms with Gasteiger partial charge in [0.2, 0.25) is 0 Å². The molecular weight excluding hydrogens is 209 g/mol. The average molecular weight is 220 g/mol. The molecule has 1 aromatic rings. The standard InChI is InChI=1S/C9H11Cl2NO/c1-2-3-13-9-5-7(11)6(10)4-8(9)12/h4-5H,2-3,12H2,1H3. The molecule has 0 radical (unpaired) electrons. The van der Waals surface area contributed by atoms with Crippen molar-refractivity contribution in [1.82, 2.24) is 0 Å². The summed E-state index contributed by atoms with van der Waals surface area (Å²) >= 11 is 11.5. The van der Waals surface area contributed by atoms with Gasteiger partial charge in [-0.1, -0.05) is 30.1 Å². The van der Waals surface area contributed by atoms with Crippen LogP contribution in [-0.4, -0.2) is 6.61 Å². The summed E-state index contributed by atoms with van der Waals surface area (Å²) in [6.07, 6.45) is 0.930. The second kappa shape index (κ2) is 4.58. The number of anilines is 1. The van der Waals surface area contributed by atoms with Crippen molar-refractivity contribution in [3.05, 3.63) is 22.2 Å². The zero-order valence-corrected chi connectivity index (χ0v) is 8.82. The van der Waals surface area contributed by atoms with E-state index in [4.69, 9.17) is 33.7 Å². The molecule has 4 heteroatoms. The molecule has 0 unspecified atom stereocenters. The van der Waals surface area contributed by atoms with Crippen molar-refractivity contribution in [2.45, 2.75) is 13.3 Å². The van der Waals surface area contributed by atoms with Gasteiger partial charge >= 0.3 is 0 Å². The van der Waals surface area contributed by atoms with E-state index in [1.54, 1.807) is 12.1 Å². The van der Waals surface area contributed by atoms with Gasteiger partial charge in [0.15, 0.2) is 0 Å². The van der Waals surface area contributed by atoms with Crippen LogP contribution in [0.5, 0.6) is 5.75 Å². The highest BCUT2D eigenvalue weighted by molar-refractivity contribution is 6.42. The molecule has 13 heavy (non-hydrogen) atoms. The zero-order valence-electron chi connectivity index (χ0n) is 7.31. The molecule has 0 saturated heterocycles. The molecule has 0 amide bonds. The highest BCUT2D eigenvalue weighted by Crippen LogP contribution is 2.32. The van der Waals surface area contributed by atoms with Crippen LogP contribution in [0.1, 0.15) is 13.3 Å². The Morgan fingerprint density at radius 1 is 1.31 bits per heavy atom. The predicted octanol–water partition coefficient (Wildman–Crippen LogP) is 3.36. The molecule has 0 aliphatic carbocycles. The zero-order chi connectivity index (χ0) is 9.84. The lowest BCUT2D eigenvalue weighted by Gasteiger charge is -2.08. The molecule has 2 N–H and O–H groups in total. The number of benzene rings is 1. The summed E-state index contributed by atoms with van der Waals surface area (Å²) in [5, 5.41) is 0.907. The first-order chi connectivity index (χ1) is 6.15. The molecule has 0 aliphatic heterocycles. The Morgan fingerprint density at radius 3 is 2.54 bits per heavy atom. The number of nitrogens with two attached hydrogens (primary N) is 1. The monoisotopic (exact) mass is 219 g/mol. The van der Waals surface area contributed by atoms with E-state index >= 15 is 0 Å². The first-order valence-corrected chi connectivity index (χ1v) is 4.78. The third-order valence-corrected chi connectivity index (χ3v) is 2.24. The molecule has 0 fully saturated rings. The first kappa shape index (κ1) is 10.5. The summed E-state index contributed by atoms with van der Waals surface area (Å²) in [4.78, 5) is 0. The molecule has 72 valence electrons. The van der Waals surface area contributed by atoms with E-state index < -0.39 is 0 Å². The number of hydrogen-bond donors (Lipinski definition) is 1. The number of rotatable bonds is 3. The number of ether oxygens (including phenoxy) is 1. The van der Waals surface area contributed by atoms with E-state index in [1.807, 2.05) is 6.92 Å². The van der Waals surface area contributed by atoms with Crippen LogP contribution < -0.4 is 10.5 Å². The van der Waals surface area contributed by atoms with Crippen molar-refractivity contribution in [2.24, 2.45) is 0 Å². The highest BCUT2D eigenvalue weighted by atomic mass is 35.5. The van der Waals surface area contributed by atoms with Crippen molar-refractivity contribution in [1.29, 1.82) is 0 Å². The van der Waals surface area contributed by atoms with Gasteiger partial charge in [0.25, 0.3) is 0 Å². The third-order valence-electron chi connectivity index (χ3n) is 1.51. The summed E-state index contributed by atoms with van der Waals surface area (Å²) in [7, 11) is 0. The Morgan fingerprint density at radius 2 is 1.92 bits per heavy atom. The topological polar surface area (TPSA) is 35.2 Å². The molecule has 1 aromatic carbocycles. The summed E-state index contributed by atoms with van der Waals surface area (Å²) in [6.45, 7) is 2.65. The van der Waals surface area contributed by atoms with Crippen molar-refractivity contribution >= 4 is 28.9 Å². The number of nitrogen functional groups attached to an aromatic ring is 1. The van der Waals surface area contributed by atoms with Gasteiger partial charge in [-0.25, -0.2) is 0 Å². The normalized spacial score (nSPS) is 10.1. The van der Waals surface area contributed by atoms with Crippen molar-refractivity contribution < 1.29 is 4.74 Å². The van der Waals surface area contributed by atoms with Crippen molar-refractivity contribution in [2.75, 3.05) is 12.3 Å². The van der Waals surface area contributed by atoms with Gasteiger partial charge in [0.05, 0.1) is 22.3 Å². The van der Waals surface area contributed by atoms with Crippen LogP contribution in [0.25, 0.3) is 0 Å². The number of hydrogen-bond acceptors (Lipinski definition) is 2. The van der Waals surface area contributed by atoms with Crippen LogP contribution in [-0.2, 0) is 0 Å². The van der Waals surface area contributed by atoms with Gasteiger partial charge in [-0.05, 0) is 12.5 Å². The fourth-order valence-electron chi connectivity index (χ4n) is 0.881. The van der Waals surface area contributed by atoms with Gasteiger partial charge in [0, 0.05) is 6.07 Å². The second-order valence-electron chi connectivity index (χ2n) is 2.65. The lowest BCUT2D eigenvalue weighted by atomic mass is 10.3. The summed E-state index contributed by atoms with van der Waals surface area (Å²) < 4.78 is 5.35. The van der Waals surface area contributed by atoms with E-state index in [0.29, 0.717) is 28.1 Å². The first-order valence-electron chi connectivity index (χ1n) is 4.02. The lowest BCUT2D eigenvalue weighted by Crippen LogP contribution is -1.98. The lowest BCUT2D eigenvalue weighted by molar-refractivity contribution is 0.319. The summed E-state index contributed by atoms with van der Waals surface area (Å²) in [5.74, 6) is 0.594. The van der Waals surface area contributed by atoms with Crippen molar-refractivity contribution in [3.63, 3.8) is 0 Å². The molecule has 1 rings (SSSR count). The van der Waals surface area contributed by atoms with Crippen molar-refractivity contribution in [3.8, 4) is 5.75 Å². The maximum absolute atomic E-state index is 5.80. The van der Waals surface area contributed by atoms with E-state index in [2.05, 4.69) is 0 Å². The predicted molar refractivity (Wildman–Crippen MR) is 56.7 cm³/mol. The van der Waals surface area contributed by atoms with Gasteiger partial charge in [-0.15, -0.1) is 0 Å². The molecule has 2 nitrogen and oxygen atoms in total. The highest BCUT2D eigenvalue weighted by Gasteiger charge is 2.05. The van der Waals surface area contributed by atoms with Crippen LogP contribution in [0.3, 0.4) is 0 Å². The van der Waals surface area contributed by atoms with Gasteiger partial charge < -0.3 is 10.5 Å². The maximum atomic E-state index is 5.80. The minimum atomic E-state index is 0.447. The van der Waals surface area contributed by atoms with E-state index in [1.165, 1.54) is 0 Å². The maximum Gasteiger partial charge on any atom is 0.143 e. The fraction of sp³-hybridized carbons (Fsp3) is 0.333. The Hall–Kier alpha value is -0.600. The second-order valence-corrected chi connectivity index (χ2v) is 3.47. The van der Waals surface area contributed by atoms with Gasteiger partial charge in [-0.3, -0.25) is 0 Å². The Kier molecular flexibility index (Phi) is 3.70. The van der Waals surface area contributed by atoms with E-state index in [0.717, 1.165) is 6.42 Å². The summed E-state index contributed by atoms with van der Waals surface area (Å²) in [5.41, 5.74) is 6.18. The molecule has 0 spiro atoms. The molecular formula is C9H11Cl2NO. The Labute approximate surface area is 87.6 Å². The molecule has 0 bridgehead atoms.